The number of hydrogen-bond acceptors (Lipinski definition) is 3. The molecule has 0 spiro atoms. The summed E-state index contributed by atoms with van der Waals surface area (Å²) in [6.07, 6.45) is 0. The van der Waals surface area contributed by atoms with Crippen LogP contribution in [0.15, 0.2) is 18.2 Å². The Morgan fingerprint density at radius 1 is 1.08 bits per heavy atom. The average Bonchev–Trinajstić information content (AvgIpc) is 2.18. The first-order chi connectivity index (χ1) is 6.31. The Labute approximate surface area is 80.6 Å². The Morgan fingerprint density at radius 3 is 2.38 bits per heavy atom. The maximum absolute atomic E-state index is 5.17. The van der Waals surface area contributed by atoms with Gasteiger partial charge in [0.05, 0.1) is 14.2 Å². The van der Waals surface area contributed by atoms with Gasteiger partial charge in [0.25, 0.3) is 9.76 Å². The summed E-state index contributed by atoms with van der Waals surface area (Å²) in [7, 11) is 5.24. The van der Waals surface area contributed by atoms with Crippen LogP contribution in [0.2, 0.25) is 0 Å². The van der Waals surface area contributed by atoms with E-state index in [1.54, 1.807) is 21.3 Å². The SMILES string of the molecule is CO[Si]c1cc(OC)ccc1OC. The van der Waals surface area contributed by atoms with E-state index in [4.69, 9.17) is 13.9 Å². The van der Waals surface area contributed by atoms with Gasteiger partial charge < -0.3 is 13.9 Å². The van der Waals surface area contributed by atoms with Crippen molar-refractivity contribution in [3.8, 4) is 11.5 Å². The van der Waals surface area contributed by atoms with E-state index in [9.17, 15) is 0 Å². The minimum Gasteiger partial charge on any atom is -0.497 e. The van der Waals surface area contributed by atoms with Gasteiger partial charge in [-0.05, 0) is 18.2 Å². The molecule has 1 rings (SSSR count). The summed E-state index contributed by atoms with van der Waals surface area (Å²) < 4.78 is 15.3. The maximum atomic E-state index is 5.17. The number of hydrogen-bond donors (Lipinski definition) is 0. The zero-order valence-corrected chi connectivity index (χ0v) is 8.96. The summed E-state index contributed by atoms with van der Waals surface area (Å²) in [6, 6.07) is 5.66. The molecule has 0 aliphatic rings. The van der Waals surface area contributed by atoms with Gasteiger partial charge in [-0.3, -0.25) is 0 Å². The van der Waals surface area contributed by atoms with Gasteiger partial charge in [-0.1, -0.05) is 0 Å². The molecule has 4 heteroatoms. The highest BCUT2D eigenvalue weighted by Gasteiger charge is 2.05. The predicted octanol–water partition coefficient (Wildman–Crippen LogP) is 0.595. The predicted molar refractivity (Wildman–Crippen MR) is 51.9 cm³/mol. The lowest BCUT2D eigenvalue weighted by Crippen LogP contribution is -2.18. The number of methoxy groups -OCH3 is 2. The molecule has 1 aromatic carbocycles. The molecule has 0 bridgehead atoms. The van der Waals surface area contributed by atoms with Crippen LogP contribution in [0.25, 0.3) is 0 Å². The Balaban J connectivity index is 2.95. The van der Waals surface area contributed by atoms with Crippen molar-refractivity contribution in [2.45, 2.75) is 0 Å². The molecule has 2 radical (unpaired) electrons. The van der Waals surface area contributed by atoms with Gasteiger partial charge >= 0.3 is 0 Å². The van der Waals surface area contributed by atoms with Gasteiger partial charge in [-0.15, -0.1) is 0 Å². The van der Waals surface area contributed by atoms with Crippen LogP contribution in [0.4, 0.5) is 0 Å². The van der Waals surface area contributed by atoms with Gasteiger partial charge in [0, 0.05) is 12.3 Å². The molecule has 0 fully saturated rings. The minimum atomic E-state index is 0.287. The highest BCUT2D eigenvalue weighted by atomic mass is 28.2. The largest absolute Gasteiger partial charge is 0.497 e. The number of benzene rings is 1. The average molecular weight is 196 g/mol. The highest BCUT2D eigenvalue weighted by Crippen LogP contribution is 2.14. The third-order valence-electron chi connectivity index (χ3n) is 1.62. The smallest absolute Gasteiger partial charge is 0.272 e. The molecule has 0 atom stereocenters. The summed E-state index contributed by atoms with van der Waals surface area (Å²) in [5.74, 6) is 1.65. The van der Waals surface area contributed by atoms with Crippen molar-refractivity contribution in [3.05, 3.63) is 18.2 Å². The fraction of sp³-hybridized carbons (Fsp3) is 0.333. The highest BCUT2D eigenvalue weighted by molar-refractivity contribution is 6.48. The van der Waals surface area contributed by atoms with Gasteiger partial charge in [-0.25, -0.2) is 0 Å². The van der Waals surface area contributed by atoms with Crippen molar-refractivity contribution in [2.75, 3.05) is 21.3 Å². The van der Waals surface area contributed by atoms with Crippen LogP contribution < -0.4 is 14.7 Å². The third-order valence-corrected chi connectivity index (χ3v) is 2.43. The van der Waals surface area contributed by atoms with Crippen molar-refractivity contribution in [1.82, 2.24) is 0 Å². The summed E-state index contributed by atoms with van der Waals surface area (Å²) >= 11 is 0. The van der Waals surface area contributed by atoms with E-state index in [0.29, 0.717) is 0 Å². The Morgan fingerprint density at radius 2 is 1.85 bits per heavy atom. The van der Waals surface area contributed by atoms with Crippen molar-refractivity contribution in [2.24, 2.45) is 0 Å². The molecule has 70 valence electrons. The standard InChI is InChI=1S/C9H12O3Si/c1-10-7-4-5-8(11-2)9(6-7)13-12-3/h4-6H,1-3H3. The maximum Gasteiger partial charge on any atom is 0.272 e. The molecule has 0 aliphatic heterocycles. The number of rotatable bonds is 4. The second-order valence-corrected chi connectivity index (χ2v) is 3.52. The van der Waals surface area contributed by atoms with E-state index in [2.05, 4.69) is 0 Å². The molecule has 0 saturated heterocycles. The zero-order chi connectivity index (χ0) is 9.68. The molecule has 0 unspecified atom stereocenters. The van der Waals surface area contributed by atoms with Gasteiger partial charge in [-0.2, -0.15) is 0 Å². The summed E-state index contributed by atoms with van der Waals surface area (Å²) in [5, 5.41) is 1.02. The molecule has 0 aromatic heterocycles. The zero-order valence-electron chi connectivity index (χ0n) is 7.96. The Hall–Kier alpha value is -1.00. The van der Waals surface area contributed by atoms with Crippen LogP contribution >= 0.6 is 0 Å². The molecule has 0 N–H and O–H groups in total. The van der Waals surface area contributed by atoms with E-state index in [1.807, 2.05) is 18.2 Å². The lowest BCUT2D eigenvalue weighted by Gasteiger charge is -2.08. The number of ether oxygens (including phenoxy) is 2. The first-order valence-electron chi connectivity index (χ1n) is 3.83. The third kappa shape index (κ3) is 2.47. The quantitative estimate of drug-likeness (QED) is 0.660. The van der Waals surface area contributed by atoms with Crippen LogP contribution in [-0.2, 0) is 4.43 Å². The molecular weight excluding hydrogens is 184 g/mol. The van der Waals surface area contributed by atoms with Gasteiger partial charge in [0.2, 0.25) is 0 Å². The van der Waals surface area contributed by atoms with Crippen LogP contribution in [0.3, 0.4) is 0 Å². The van der Waals surface area contributed by atoms with Crippen molar-refractivity contribution in [3.63, 3.8) is 0 Å². The first-order valence-corrected chi connectivity index (χ1v) is 4.73. The Kier molecular flexibility index (Phi) is 3.79. The van der Waals surface area contributed by atoms with E-state index >= 15 is 0 Å². The second kappa shape index (κ2) is 4.89. The lowest BCUT2D eigenvalue weighted by atomic mass is 10.3. The summed E-state index contributed by atoms with van der Waals surface area (Å²) in [4.78, 5) is 0. The molecule has 0 amide bonds. The fourth-order valence-electron chi connectivity index (χ4n) is 1.00. The van der Waals surface area contributed by atoms with Crippen molar-refractivity contribution in [1.29, 1.82) is 0 Å². The normalized spacial score (nSPS) is 9.77. The van der Waals surface area contributed by atoms with E-state index in [-0.39, 0.29) is 9.76 Å². The minimum absolute atomic E-state index is 0.287. The molecule has 0 aliphatic carbocycles. The lowest BCUT2D eigenvalue weighted by molar-refractivity contribution is 0.403. The van der Waals surface area contributed by atoms with Crippen molar-refractivity contribution >= 4 is 14.9 Å². The van der Waals surface area contributed by atoms with E-state index in [1.165, 1.54) is 0 Å². The summed E-state index contributed by atoms with van der Waals surface area (Å²) in [6.45, 7) is 0. The molecule has 13 heavy (non-hydrogen) atoms. The Bertz CT molecular complexity index is 276. The fourth-order valence-corrected chi connectivity index (χ4v) is 1.71. The molecule has 3 nitrogen and oxygen atoms in total. The molecule has 1 aromatic rings. The first kappa shape index (κ1) is 10.1. The van der Waals surface area contributed by atoms with Gasteiger partial charge in [0.1, 0.15) is 11.5 Å². The van der Waals surface area contributed by atoms with Crippen LogP contribution in [0, 0.1) is 0 Å². The van der Waals surface area contributed by atoms with Crippen molar-refractivity contribution < 1.29 is 13.9 Å². The molecule has 0 saturated carbocycles. The topological polar surface area (TPSA) is 27.7 Å². The summed E-state index contributed by atoms with van der Waals surface area (Å²) in [5.41, 5.74) is 0. The van der Waals surface area contributed by atoms with Crippen LogP contribution in [0.1, 0.15) is 0 Å². The van der Waals surface area contributed by atoms with Gasteiger partial charge in [0.15, 0.2) is 0 Å². The van der Waals surface area contributed by atoms with E-state index in [0.717, 1.165) is 16.7 Å². The monoisotopic (exact) mass is 196 g/mol. The molecular formula is C9H12O3Si. The second-order valence-electron chi connectivity index (χ2n) is 2.37. The van der Waals surface area contributed by atoms with E-state index < -0.39 is 0 Å². The molecule has 0 heterocycles. The van der Waals surface area contributed by atoms with Crippen LogP contribution in [0.5, 0.6) is 11.5 Å². The van der Waals surface area contributed by atoms with Crippen LogP contribution in [-0.4, -0.2) is 31.1 Å².